The van der Waals surface area contributed by atoms with Gasteiger partial charge in [-0.05, 0) is 18.6 Å². The molecule has 1 heterocycles. The molecule has 1 aliphatic heterocycles. The van der Waals surface area contributed by atoms with Crippen LogP contribution in [-0.4, -0.2) is 5.91 Å². The van der Waals surface area contributed by atoms with Gasteiger partial charge in [-0.2, -0.15) is 0 Å². The third kappa shape index (κ3) is 20.5. The summed E-state index contributed by atoms with van der Waals surface area (Å²) in [6.07, 6.45) is 26.6. The van der Waals surface area contributed by atoms with Crippen LogP contribution in [0.15, 0.2) is 36.7 Å². The van der Waals surface area contributed by atoms with Gasteiger partial charge in [0.1, 0.15) is 0 Å². The third-order valence-electron chi connectivity index (χ3n) is 3.74. The van der Waals surface area contributed by atoms with Gasteiger partial charge in [0.25, 0.3) is 0 Å². The standard InChI is InChI=1S/C14H29NO.C6H7N/c1-2-3-4-5-6-7-8-9-10-11-12-13-14(15)16;1-2-4-6-7-5-3-1/h2-13H2,1H3,(H2,15,16);1-7H. The molecule has 0 aromatic carbocycles. The van der Waals surface area contributed by atoms with E-state index in [0.717, 1.165) is 6.42 Å². The average Bonchev–Trinajstić information content (AvgIpc) is 2.86. The number of primary amides is 1. The maximum atomic E-state index is 10.5. The van der Waals surface area contributed by atoms with Crippen molar-refractivity contribution < 1.29 is 4.79 Å². The highest BCUT2D eigenvalue weighted by Gasteiger charge is 1.95. The van der Waals surface area contributed by atoms with E-state index >= 15 is 0 Å². The summed E-state index contributed by atoms with van der Waals surface area (Å²) in [5.41, 5.74) is 5.07. The van der Waals surface area contributed by atoms with E-state index in [0.29, 0.717) is 6.42 Å². The summed E-state index contributed by atoms with van der Waals surface area (Å²) in [5, 5.41) is 2.92. The minimum atomic E-state index is -0.157. The van der Waals surface area contributed by atoms with Gasteiger partial charge in [-0.1, -0.05) is 83.3 Å². The molecule has 1 amide bonds. The molecule has 0 aliphatic carbocycles. The topological polar surface area (TPSA) is 55.1 Å². The van der Waals surface area contributed by atoms with E-state index in [1.165, 1.54) is 64.2 Å². The van der Waals surface area contributed by atoms with Crippen molar-refractivity contribution in [2.75, 3.05) is 0 Å². The predicted molar refractivity (Wildman–Crippen MR) is 101 cm³/mol. The number of carbonyl (C=O) groups is 1. The lowest BCUT2D eigenvalue weighted by atomic mass is 10.1. The number of nitrogens with one attached hydrogen (secondary N) is 1. The summed E-state index contributed by atoms with van der Waals surface area (Å²) in [6, 6.07) is 0. The molecule has 0 saturated carbocycles. The van der Waals surface area contributed by atoms with Crippen molar-refractivity contribution in [2.24, 2.45) is 5.73 Å². The molecule has 0 fully saturated rings. The molecule has 0 bridgehead atoms. The Balaban J connectivity index is 0.000000568. The number of amides is 1. The number of unbranched alkanes of at least 4 members (excludes halogenated alkanes) is 10. The summed E-state index contributed by atoms with van der Waals surface area (Å²) in [5.74, 6) is -0.157. The molecule has 0 saturated heterocycles. The van der Waals surface area contributed by atoms with Crippen LogP contribution in [-0.2, 0) is 4.79 Å². The predicted octanol–water partition coefficient (Wildman–Crippen LogP) is 5.35. The molecule has 0 aromatic heterocycles. The van der Waals surface area contributed by atoms with Crippen molar-refractivity contribution >= 4 is 5.91 Å². The molecule has 23 heavy (non-hydrogen) atoms. The number of hydrogen-bond donors (Lipinski definition) is 2. The van der Waals surface area contributed by atoms with Gasteiger partial charge < -0.3 is 11.1 Å². The molecule has 1 rings (SSSR count). The Kier molecular flexibility index (Phi) is 17.3. The minimum absolute atomic E-state index is 0.157. The van der Waals surface area contributed by atoms with Gasteiger partial charge in [0.2, 0.25) is 5.91 Å². The van der Waals surface area contributed by atoms with Gasteiger partial charge >= 0.3 is 0 Å². The first-order valence-electron chi connectivity index (χ1n) is 9.30. The van der Waals surface area contributed by atoms with Gasteiger partial charge in [0, 0.05) is 18.8 Å². The van der Waals surface area contributed by atoms with Gasteiger partial charge in [0.05, 0.1) is 0 Å². The van der Waals surface area contributed by atoms with E-state index < -0.39 is 0 Å². The van der Waals surface area contributed by atoms with Crippen molar-refractivity contribution in [2.45, 2.75) is 84.0 Å². The lowest BCUT2D eigenvalue weighted by Crippen LogP contribution is -2.09. The highest BCUT2D eigenvalue weighted by Crippen LogP contribution is 2.11. The molecular weight excluding hydrogens is 284 g/mol. The number of rotatable bonds is 12. The number of allylic oxidation sites excluding steroid dienone is 4. The average molecular weight is 321 g/mol. The molecule has 3 N–H and O–H groups in total. The van der Waals surface area contributed by atoms with Crippen molar-refractivity contribution in [1.82, 2.24) is 5.32 Å². The molecular formula is C20H36N2O. The first-order chi connectivity index (χ1) is 11.3. The summed E-state index contributed by atoms with van der Waals surface area (Å²) in [7, 11) is 0. The SMILES string of the molecule is C1=CC=CNC=C1.CCCCCCCCCCCCCC(N)=O. The Hall–Kier alpha value is -1.51. The largest absolute Gasteiger partial charge is 0.370 e. The summed E-state index contributed by atoms with van der Waals surface area (Å²) >= 11 is 0. The van der Waals surface area contributed by atoms with Gasteiger partial charge in [-0.3, -0.25) is 4.79 Å². The Bertz CT molecular complexity index is 332. The Morgan fingerprint density at radius 1 is 0.739 bits per heavy atom. The summed E-state index contributed by atoms with van der Waals surface area (Å²) < 4.78 is 0. The first kappa shape index (κ1) is 21.5. The molecule has 0 unspecified atom stereocenters. The van der Waals surface area contributed by atoms with Gasteiger partial charge in [-0.15, -0.1) is 0 Å². The Morgan fingerprint density at radius 2 is 1.17 bits per heavy atom. The summed E-state index contributed by atoms with van der Waals surface area (Å²) in [4.78, 5) is 10.5. The monoisotopic (exact) mass is 320 g/mol. The van der Waals surface area contributed by atoms with Crippen LogP contribution in [0, 0.1) is 0 Å². The Labute approximate surface area is 143 Å². The van der Waals surface area contributed by atoms with Crippen LogP contribution < -0.4 is 11.1 Å². The van der Waals surface area contributed by atoms with Crippen molar-refractivity contribution in [3.05, 3.63) is 36.7 Å². The zero-order valence-electron chi connectivity index (χ0n) is 14.9. The molecule has 0 spiro atoms. The van der Waals surface area contributed by atoms with E-state index in [9.17, 15) is 4.79 Å². The molecule has 1 aliphatic rings. The second-order valence-corrected chi connectivity index (χ2v) is 6.02. The van der Waals surface area contributed by atoms with Crippen LogP contribution in [0.25, 0.3) is 0 Å². The fourth-order valence-electron chi connectivity index (χ4n) is 2.37. The van der Waals surface area contributed by atoms with Gasteiger partial charge in [-0.25, -0.2) is 0 Å². The van der Waals surface area contributed by atoms with Crippen molar-refractivity contribution in [1.29, 1.82) is 0 Å². The van der Waals surface area contributed by atoms with E-state index in [1.54, 1.807) is 0 Å². The van der Waals surface area contributed by atoms with Crippen molar-refractivity contribution in [3.8, 4) is 0 Å². The maximum absolute atomic E-state index is 10.5. The minimum Gasteiger partial charge on any atom is -0.370 e. The number of carbonyl (C=O) groups excluding carboxylic acids is 1. The highest BCUT2D eigenvalue weighted by molar-refractivity contribution is 5.73. The van der Waals surface area contributed by atoms with Crippen molar-refractivity contribution in [3.63, 3.8) is 0 Å². The first-order valence-corrected chi connectivity index (χ1v) is 9.30. The van der Waals surface area contributed by atoms with Crippen LogP contribution in [0.1, 0.15) is 84.0 Å². The van der Waals surface area contributed by atoms with Crippen LogP contribution in [0.4, 0.5) is 0 Å². The Morgan fingerprint density at radius 3 is 1.61 bits per heavy atom. The normalized spacial score (nSPS) is 12.2. The lowest BCUT2D eigenvalue weighted by molar-refractivity contribution is -0.118. The molecule has 0 radical (unpaired) electrons. The van der Waals surface area contributed by atoms with E-state index in [4.69, 9.17) is 5.73 Å². The van der Waals surface area contributed by atoms with E-state index in [1.807, 2.05) is 36.7 Å². The smallest absolute Gasteiger partial charge is 0.217 e. The molecule has 0 aromatic rings. The second-order valence-electron chi connectivity index (χ2n) is 6.02. The van der Waals surface area contributed by atoms with E-state index in [-0.39, 0.29) is 5.91 Å². The van der Waals surface area contributed by atoms with Crippen LogP contribution in [0.5, 0.6) is 0 Å². The number of nitrogens with two attached hydrogens (primary N) is 1. The fourth-order valence-corrected chi connectivity index (χ4v) is 2.37. The zero-order valence-corrected chi connectivity index (χ0v) is 14.9. The fraction of sp³-hybridized carbons (Fsp3) is 0.650. The molecule has 3 nitrogen and oxygen atoms in total. The number of hydrogen-bond acceptors (Lipinski definition) is 2. The molecule has 3 heteroatoms. The quantitative estimate of drug-likeness (QED) is 0.476. The second kappa shape index (κ2) is 18.5. The highest BCUT2D eigenvalue weighted by atomic mass is 16.1. The van der Waals surface area contributed by atoms with E-state index in [2.05, 4.69) is 12.2 Å². The van der Waals surface area contributed by atoms with Crippen LogP contribution in [0.3, 0.4) is 0 Å². The van der Waals surface area contributed by atoms with Crippen LogP contribution >= 0.6 is 0 Å². The molecule has 0 atom stereocenters. The summed E-state index contributed by atoms with van der Waals surface area (Å²) in [6.45, 7) is 2.26. The zero-order chi connectivity index (χ0) is 17.0. The third-order valence-corrected chi connectivity index (χ3v) is 3.74. The maximum Gasteiger partial charge on any atom is 0.217 e. The van der Waals surface area contributed by atoms with Crippen LogP contribution in [0.2, 0.25) is 0 Å². The lowest BCUT2D eigenvalue weighted by Gasteiger charge is -2.01. The van der Waals surface area contributed by atoms with Gasteiger partial charge in [0.15, 0.2) is 0 Å². The molecule has 132 valence electrons.